The molecule has 1 aromatic carbocycles. The number of aromatic hydroxyl groups is 1. The van der Waals surface area contributed by atoms with Gasteiger partial charge < -0.3 is 29.2 Å². The third-order valence-corrected chi connectivity index (χ3v) is 7.93. The molecule has 0 atom stereocenters. The Morgan fingerprint density at radius 1 is 0.755 bits per heavy atom. The van der Waals surface area contributed by atoms with Crippen LogP contribution in [0.15, 0.2) is 36.7 Å². The van der Waals surface area contributed by atoms with Crippen LogP contribution in [-0.4, -0.2) is 69.7 Å². The van der Waals surface area contributed by atoms with E-state index in [-0.39, 0.29) is 23.1 Å². The second kappa shape index (κ2) is 22.4. The van der Waals surface area contributed by atoms with E-state index in [0.717, 1.165) is 50.3 Å². The number of phenols is 1. The maximum Gasteiger partial charge on any atom is 0.340 e. The second-order valence-corrected chi connectivity index (χ2v) is 12.0. The summed E-state index contributed by atoms with van der Waals surface area (Å²) in [5.74, 6) is 0.189. The van der Waals surface area contributed by atoms with Crippen LogP contribution in [0.1, 0.15) is 113 Å². The van der Waals surface area contributed by atoms with Crippen LogP contribution in [0.5, 0.6) is 23.0 Å². The van der Waals surface area contributed by atoms with Crippen LogP contribution in [0.4, 0.5) is 0 Å². The number of halogens is 1. The van der Waals surface area contributed by atoms with E-state index in [9.17, 15) is 19.5 Å². The van der Waals surface area contributed by atoms with Gasteiger partial charge in [-0.2, -0.15) is 0 Å². The van der Waals surface area contributed by atoms with Crippen LogP contribution in [0.3, 0.4) is 0 Å². The largest absolute Gasteiger partial charge is 0.507 e. The number of aromatic nitrogens is 2. The highest BCUT2D eigenvalue weighted by Crippen LogP contribution is 2.31. The van der Waals surface area contributed by atoms with Crippen molar-refractivity contribution in [1.82, 2.24) is 9.97 Å². The van der Waals surface area contributed by atoms with Crippen molar-refractivity contribution in [1.29, 1.82) is 0 Å². The maximum atomic E-state index is 12.0. The molecule has 268 valence electrons. The number of esters is 1. The minimum absolute atomic E-state index is 0.00760. The van der Waals surface area contributed by atoms with Crippen molar-refractivity contribution in [3.63, 3.8) is 0 Å². The van der Waals surface area contributed by atoms with Gasteiger partial charge in [-0.3, -0.25) is 14.8 Å². The SMILES string of the molecule is CCCC(=O)c1ccc(OCCCCCOc2cnc(C)c(C(=O)O)c2)c(C)c1O.CCOC(=O)c1cc(OCCCCCBr)cnc1C. The average Bonchev–Trinajstić information content (AvgIpc) is 3.07. The van der Waals surface area contributed by atoms with Gasteiger partial charge in [0, 0.05) is 17.3 Å². The number of carboxylic acids is 1. The molecule has 0 saturated heterocycles. The number of carbonyl (C=O) groups is 3. The standard InChI is InChI=1S/C23H29NO6.C14H20BrNO3/c1-4-8-20(25)18-9-10-21(15(2)22(18)26)30-12-7-5-6-11-29-17-13-19(23(27)28)16(3)24-14-17;1-3-18-14(17)13-9-12(10-16-11(13)2)19-8-6-4-5-7-15/h9-10,13-14,26H,4-8,11-12H2,1-3H3,(H,27,28);9-10H,3-8H2,1-2H3. The van der Waals surface area contributed by atoms with E-state index in [1.54, 1.807) is 52.1 Å². The van der Waals surface area contributed by atoms with Gasteiger partial charge in [-0.1, -0.05) is 22.9 Å². The fraction of sp³-hybridized carbons (Fsp3) is 0.486. The molecule has 0 fully saturated rings. The number of nitrogens with zero attached hydrogens (tertiary/aromatic N) is 2. The van der Waals surface area contributed by atoms with Crippen LogP contribution in [0.25, 0.3) is 0 Å². The molecule has 0 spiro atoms. The lowest BCUT2D eigenvalue weighted by Gasteiger charge is -2.13. The number of phenolic OH excluding ortho intramolecular Hbond substituents is 1. The van der Waals surface area contributed by atoms with Crippen molar-refractivity contribution in [2.45, 2.75) is 86.0 Å². The first-order chi connectivity index (χ1) is 23.5. The Balaban J connectivity index is 0.000000377. The minimum Gasteiger partial charge on any atom is -0.507 e. The van der Waals surface area contributed by atoms with E-state index in [2.05, 4.69) is 25.9 Å². The number of benzene rings is 1. The number of aromatic carboxylic acids is 1. The summed E-state index contributed by atoms with van der Waals surface area (Å²) in [5, 5.41) is 20.4. The van der Waals surface area contributed by atoms with Crippen LogP contribution in [0, 0.1) is 20.8 Å². The van der Waals surface area contributed by atoms with E-state index < -0.39 is 5.97 Å². The van der Waals surface area contributed by atoms with Crippen molar-refractivity contribution in [3.8, 4) is 23.0 Å². The van der Waals surface area contributed by atoms with Gasteiger partial charge in [-0.05, 0) is 96.9 Å². The van der Waals surface area contributed by atoms with E-state index in [0.29, 0.717) is 78.2 Å². The van der Waals surface area contributed by atoms with Crippen molar-refractivity contribution in [2.75, 3.05) is 31.8 Å². The third-order valence-electron chi connectivity index (χ3n) is 7.37. The van der Waals surface area contributed by atoms with Gasteiger partial charge in [0.2, 0.25) is 0 Å². The summed E-state index contributed by atoms with van der Waals surface area (Å²) in [6, 6.07) is 6.53. The highest BCUT2D eigenvalue weighted by molar-refractivity contribution is 9.09. The molecule has 0 saturated carbocycles. The predicted molar refractivity (Wildman–Crippen MR) is 191 cm³/mol. The quantitative estimate of drug-likeness (QED) is 0.0498. The number of ketones is 1. The number of aryl methyl sites for hydroxylation is 2. The summed E-state index contributed by atoms with van der Waals surface area (Å²) in [7, 11) is 0. The Morgan fingerprint density at radius 2 is 1.31 bits per heavy atom. The molecule has 49 heavy (non-hydrogen) atoms. The van der Waals surface area contributed by atoms with Crippen LogP contribution in [0.2, 0.25) is 0 Å². The molecule has 2 heterocycles. The summed E-state index contributed by atoms with van der Waals surface area (Å²) in [4.78, 5) is 43.1. The molecule has 11 nitrogen and oxygen atoms in total. The van der Waals surface area contributed by atoms with E-state index in [1.165, 1.54) is 12.3 Å². The number of unbranched alkanes of at least 4 members (excludes halogenated alkanes) is 4. The first-order valence-corrected chi connectivity index (χ1v) is 17.8. The highest BCUT2D eigenvalue weighted by atomic mass is 79.9. The average molecular weight is 746 g/mol. The Kier molecular flexibility index (Phi) is 18.8. The van der Waals surface area contributed by atoms with Gasteiger partial charge >= 0.3 is 11.9 Å². The number of alkyl halides is 1. The van der Waals surface area contributed by atoms with E-state index in [4.69, 9.17) is 24.1 Å². The zero-order valence-electron chi connectivity index (χ0n) is 29.2. The molecule has 2 N–H and O–H groups in total. The number of carbonyl (C=O) groups excluding carboxylic acids is 2. The molecule has 0 bridgehead atoms. The van der Waals surface area contributed by atoms with Crippen molar-refractivity contribution in [3.05, 3.63) is 70.3 Å². The molecule has 0 aliphatic carbocycles. The first-order valence-electron chi connectivity index (χ1n) is 16.7. The number of Topliss-reactive ketones (excluding diaryl/α,β-unsaturated/α-hetero) is 1. The lowest BCUT2D eigenvalue weighted by atomic mass is 10.0. The molecule has 0 aliphatic rings. The van der Waals surface area contributed by atoms with Gasteiger partial charge in [-0.25, -0.2) is 9.59 Å². The second-order valence-electron chi connectivity index (χ2n) is 11.2. The van der Waals surface area contributed by atoms with Gasteiger partial charge in [0.05, 0.1) is 66.9 Å². The first kappa shape index (κ1) is 41.0. The highest BCUT2D eigenvalue weighted by Gasteiger charge is 2.16. The number of carboxylic acid groups (broad SMARTS) is 1. The third kappa shape index (κ3) is 14.1. The van der Waals surface area contributed by atoms with Gasteiger partial charge in [-0.15, -0.1) is 0 Å². The van der Waals surface area contributed by atoms with E-state index >= 15 is 0 Å². The number of hydrogen-bond donors (Lipinski definition) is 2. The molecule has 12 heteroatoms. The smallest absolute Gasteiger partial charge is 0.340 e. The fourth-order valence-electron chi connectivity index (χ4n) is 4.56. The lowest BCUT2D eigenvalue weighted by Crippen LogP contribution is -2.08. The van der Waals surface area contributed by atoms with Gasteiger partial charge in [0.25, 0.3) is 0 Å². The van der Waals surface area contributed by atoms with Crippen molar-refractivity contribution < 1.29 is 43.5 Å². The number of ether oxygens (including phenoxy) is 4. The lowest BCUT2D eigenvalue weighted by molar-refractivity contribution is 0.0523. The van der Waals surface area contributed by atoms with Gasteiger partial charge in [0.15, 0.2) is 5.78 Å². The normalized spacial score (nSPS) is 10.5. The topological polar surface area (TPSA) is 154 Å². The molecule has 0 aliphatic heterocycles. The summed E-state index contributed by atoms with van der Waals surface area (Å²) >= 11 is 3.39. The Hall–Kier alpha value is -4.19. The molecule has 3 rings (SSSR count). The summed E-state index contributed by atoms with van der Waals surface area (Å²) in [6.45, 7) is 10.8. The Morgan fingerprint density at radius 3 is 1.86 bits per heavy atom. The molecule has 0 amide bonds. The van der Waals surface area contributed by atoms with Crippen LogP contribution >= 0.6 is 15.9 Å². The zero-order valence-corrected chi connectivity index (χ0v) is 30.8. The molecule has 0 unspecified atom stereocenters. The van der Waals surface area contributed by atoms with Gasteiger partial charge in [0.1, 0.15) is 23.0 Å². The number of rotatable bonds is 20. The van der Waals surface area contributed by atoms with Crippen molar-refractivity contribution in [2.24, 2.45) is 0 Å². The molecule has 0 radical (unpaired) electrons. The van der Waals surface area contributed by atoms with Crippen LogP contribution < -0.4 is 14.2 Å². The summed E-state index contributed by atoms with van der Waals surface area (Å²) in [5.41, 5.74) is 2.64. The van der Waals surface area contributed by atoms with Crippen LogP contribution in [-0.2, 0) is 4.74 Å². The van der Waals surface area contributed by atoms with Crippen molar-refractivity contribution >= 4 is 33.7 Å². The summed E-state index contributed by atoms with van der Waals surface area (Å²) < 4.78 is 21.9. The molecular formula is C37H49BrN2O9. The molecule has 3 aromatic rings. The number of hydrogen-bond acceptors (Lipinski definition) is 10. The molecule has 2 aromatic heterocycles. The minimum atomic E-state index is -1.02. The summed E-state index contributed by atoms with van der Waals surface area (Å²) in [6.07, 6.45) is 10.0. The maximum absolute atomic E-state index is 12.0. The van der Waals surface area contributed by atoms with E-state index in [1.807, 2.05) is 6.92 Å². The fourth-order valence-corrected chi connectivity index (χ4v) is 4.96. The Bertz CT molecular complexity index is 1510. The monoisotopic (exact) mass is 744 g/mol. The Labute approximate surface area is 297 Å². The zero-order chi connectivity index (χ0) is 36.2. The number of pyridine rings is 2. The predicted octanol–water partition coefficient (Wildman–Crippen LogP) is 8.22. The molecular weight excluding hydrogens is 696 g/mol.